The molecule has 1 aliphatic carbocycles. The van der Waals surface area contributed by atoms with Gasteiger partial charge in [0.2, 0.25) is 0 Å². The van der Waals surface area contributed by atoms with Crippen molar-refractivity contribution in [2.24, 2.45) is 5.92 Å². The first-order chi connectivity index (χ1) is 12.1. The summed E-state index contributed by atoms with van der Waals surface area (Å²) in [5.41, 5.74) is 0.247. The second-order valence-electron chi connectivity index (χ2n) is 6.37. The smallest absolute Gasteiger partial charge is 0.379 e. The summed E-state index contributed by atoms with van der Waals surface area (Å²) >= 11 is 0. The number of ether oxygens (including phenoxy) is 2. The lowest BCUT2D eigenvalue weighted by molar-refractivity contribution is -0.137. The maximum atomic E-state index is 12.3. The lowest BCUT2D eigenvalue weighted by Gasteiger charge is -2.18. The highest BCUT2D eigenvalue weighted by molar-refractivity contribution is 6.40. The molecule has 0 amide bonds. The second-order valence-corrected chi connectivity index (χ2v) is 6.37. The normalized spacial score (nSPS) is 15.7. The van der Waals surface area contributed by atoms with Gasteiger partial charge in [0.15, 0.2) is 5.78 Å². The summed E-state index contributed by atoms with van der Waals surface area (Å²) in [5.74, 6) is -0.784. The van der Waals surface area contributed by atoms with Gasteiger partial charge in [-0.2, -0.15) is 0 Å². The molecule has 0 unspecified atom stereocenters. The first-order valence-corrected chi connectivity index (χ1v) is 9.09. The zero-order chi connectivity index (χ0) is 18.1. The van der Waals surface area contributed by atoms with Crippen LogP contribution in [0.3, 0.4) is 0 Å². The van der Waals surface area contributed by atoms with Crippen LogP contribution in [0.25, 0.3) is 0 Å². The van der Waals surface area contributed by atoms with Crippen molar-refractivity contribution >= 4 is 17.5 Å². The molecule has 0 radical (unpaired) electrons. The fourth-order valence-corrected chi connectivity index (χ4v) is 3.07. The summed E-state index contributed by atoms with van der Waals surface area (Å²) < 4.78 is 10.2. The van der Waals surface area contributed by atoms with Gasteiger partial charge in [-0.15, -0.1) is 0 Å². The van der Waals surface area contributed by atoms with E-state index in [1.54, 1.807) is 19.1 Å². The van der Waals surface area contributed by atoms with E-state index < -0.39 is 11.8 Å². The Morgan fingerprint density at radius 1 is 0.960 bits per heavy atom. The Bertz CT molecular complexity index is 583. The number of esters is 1. The number of hydrogen-bond acceptors (Lipinski definition) is 5. The molecule has 1 aromatic rings. The largest absolute Gasteiger partial charge is 0.486 e. The van der Waals surface area contributed by atoms with Gasteiger partial charge in [0.25, 0.3) is 5.78 Å². The van der Waals surface area contributed by atoms with E-state index in [-0.39, 0.29) is 30.5 Å². The molecule has 136 valence electrons. The molecule has 1 aliphatic rings. The molecule has 0 bridgehead atoms. The Balaban J connectivity index is 1.85. The van der Waals surface area contributed by atoms with Crippen molar-refractivity contribution in [1.82, 2.24) is 0 Å². The molecule has 0 N–H and O–H groups in total. The monoisotopic (exact) mass is 346 g/mol. The zero-order valence-corrected chi connectivity index (χ0v) is 14.8. The van der Waals surface area contributed by atoms with Crippen LogP contribution in [0.15, 0.2) is 24.3 Å². The summed E-state index contributed by atoms with van der Waals surface area (Å²) in [5, 5.41) is 0. The third-order valence-corrected chi connectivity index (χ3v) is 4.52. The molecular weight excluding hydrogens is 320 g/mol. The number of ketones is 2. The minimum Gasteiger partial charge on any atom is -0.486 e. The van der Waals surface area contributed by atoms with Crippen molar-refractivity contribution in [1.29, 1.82) is 0 Å². The van der Waals surface area contributed by atoms with Gasteiger partial charge in [0, 0.05) is 11.5 Å². The van der Waals surface area contributed by atoms with E-state index in [1.165, 1.54) is 31.4 Å². The summed E-state index contributed by atoms with van der Waals surface area (Å²) in [7, 11) is 0. The topological polar surface area (TPSA) is 69.7 Å². The highest BCUT2D eigenvalue weighted by Crippen LogP contribution is 2.23. The van der Waals surface area contributed by atoms with Crippen molar-refractivity contribution in [3.8, 4) is 5.75 Å². The molecule has 5 nitrogen and oxygen atoms in total. The highest BCUT2D eigenvalue weighted by atomic mass is 16.5. The molecule has 0 aliphatic heterocycles. The lowest BCUT2D eigenvalue weighted by Crippen LogP contribution is -2.22. The number of hydrogen-bond donors (Lipinski definition) is 0. The van der Waals surface area contributed by atoms with E-state index in [4.69, 9.17) is 4.74 Å². The highest BCUT2D eigenvalue weighted by Gasteiger charge is 2.20. The Labute approximate surface area is 148 Å². The van der Waals surface area contributed by atoms with Crippen molar-refractivity contribution in [2.75, 3.05) is 13.2 Å². The predicted molar refractivity (Wildman–Crippen MR) is 93.7 cm³/mol. The fourth-order valence-electron chi connectivity index (χ4n) is 3.07. The van der Waals surface area contributed by atoms with Gasteiger partial charge in [0.1, 0.15) is 12.4 Å². The van der Waals surface area contributed by atoms with Crippen molar-refractivity contribution in [3.63, 3.8) is 0 Å². The average molecular weight is 346 g/mol. The van der Waals surface area contributed by atoms with Gasteiger partial charge in [-0.1, -0.05) is 32.1 Å². The maximum absolute atomic E-state index is 12.3. The van der Waals surface area contributed by atoms with Crippen LogP contribution in [0.2, 0.25) is 0 Å². The lowest BCUT2D eigenvalue weighted by atomic mass is 9.88. The third kappa shape index (κ3) is 6.00. The fraction of sp³-hybridized carbons (Fsp3) is 0.550. The van der Waals surface area contributed by atoms with Crippen molar-refractivity contribution < 1.29 is 23.9 Å². The second kappa shape index (κ2) is 9.97. The van der Waals surface area contributed by atoms with E-state index in [0.29, 0.717) is 5.75 Å². The predicted octanol–water partition coefficient (Wildman–Crippen LogP) is 3.74. The molecule has 0 heterocycles. The number of carbonyl (C=O) groups is 3. The summed E-state index contributed by atoms with van der Waals surface area (Å²) in [6.45, 7) is 1.86. The Morgan fingerprint density at radius 2 is 1.56 bits per heavy atom. The first kappa shape index (κ1) is 19.2. The van der Waals surface area contributed by atoms with E-state index in [2.05, 4.69) is 4.74 Å². The Kier molecular flexibility index (Phi) is 7.64. The van der Waals surface area contributed by atoms with Crippen LogP contribution >= 0.6 is 0 Å². The molecular formula is C20H26O5. The van der Waals surface area contributed by atoms with Crippen LogP contribution in [0.4, 0.5) is 0 Å². The molecule has 2 rings (SSSR count). The first-order valence-electron chi connectivity index (χ1n) is 9.09. The molecule has 1 aromatic carbocycles. The van der Waals surface area contributed by atoms with Crippen molar-refractivity contribution in [2.45, 2.75) is 51.9 Å². The SMILES string of the molecule is CCOC(=O)C(=O)c1ccc(OCC(=O)C2CCCCCCC2)cc1. The quantitative estimate of drug-likeness (QED) is 0.427. The third-order valence-electron chi connectivity index (χ3n) is 4.52. The van der Waals surface area contributed by atoms with E-state index in [1.807, 2.05) is 0 Å². The molecule has 0 atom stereocenters. The summed E-state index contributed by atoms with van der Waals surface area (Å²) in [4.78, 5) is 35.6. The van der Waals surface area contributed by atoms with Crippen LogP contribution in [0.5, 0.6) is 5.75 Å². The van der Waals surface area contributed by atoms with Gasteiger partial charge in [-0.05, 0) is 44.0 Å². The summed E-state index contributed by atoms with van der Waals surface area (Å²) in [6.07, 6.45) is 7.82. The number of carbonyl (C=O) groups excluding carboxylic acids is 3. The van der Waals surface area contributed by atoms with Crippen molar-refractivity contribution in [3.05, 3.63) is 29.8 Å². The minimum absolute atomic E-state index is 0.0514. The Morgan fingerprint density at radius 3 is 2.16 bits per heavy atom. The van der Waals surface area contributed by atoms with Crippen LogP contribution in [0.1, 0.15) is 62.2 Å². The van der Waals surface area contributed by atoms with Gasteiger partial charge in [0.05, 0.1) is 6.61 Å². The van der Waals surface area contributed by atoms with E-state index >= 15 is 0 Å². The average Bonchev–Trinajstić information content (AvgIpc) is 2.59. The minimum atomic E-state index is -0.865. The molecule has 1 saturated carbocycles. The molecule has 5 heteroatoms. The molecule has 1 fully saturated rings. The van der Waals surface area contributed by atoms with Crippen LogP contribution in [-0.4, -0.2) is 30.7 Å². The molecule has 0 aromatic heterocycles. The van der Waals surface area contributed by atoms with Crippen LogP contribution in [-0.2, 0) is 14.3 Å². The summed E-state index contributed by atoms with van der Waals surface area (Å²) in [6, 6.07) is 6.21. The maximum Gasteiger partial charge on any atom is 0.379 e. The van der Waals surface area contributed by atoms with Gasteiger partial charge < -0.3 is 9.47 Å². The van der Waals surface area contributed by atoms with Gasteiger partial charge >= 0.3 is 5.97 Å². The number of benzene rings is 1. The van der Waals surface area contributed by atoms with Gasteiger partial charge in [-0.25, -0.2) is 4.79 Å². The molecule has 25 heavy (non-hydrogen) atoms. The van der Waals surface area contributed by atoms with E-state index in [0.717, 1.165) is 25.7 Å². The number of Topliss-reactive ketones (excluding diaryl/α,β-unsaturated/α-hetero) is 2. The standard InChI is InChI=1S/C20H26O5/c1-2-24-20(23)19(22)16-10-12-17(13-11-16)25-14-18(21)15-8-6-4-3-5-7-9-15/h10-13,15H,2-9,14H2,1H3. The number of rotatable bonds is 7. The van der Waals surface area contributed by atoms with E-state index in [9.17, 15) is 14.4 Å². The van der Waals surface area contributed by atoms with Crippen LogP contribution in [0, 0.1) is 5.92 Å². The zero-order valence-electron chi connectivity index (χ0n) is 14.8. The Hall–Kier alpha value is -2.17. The molecule has 0 saturated heterocycles. The van der Waals surface area contributed by atoms with Gasteiger partial charge in [-0.3, -0.25) is 9.59 Å². The molecule has 0 spiro atoms. The van der Waals surface area contributed by atoms with Crippen LogP contribution < -0.4 is 4.74 Å².